The van der Waals surface area contributed by atoms with Crippen LogP contribution in [0.3, 0.4) is 0 Å². The van der Waals surface area contributed by atoms with E-state index in [1.807, 2.05) is 0 Å². The molecule has 1 aliphatic rings. The van der Waals surface area contributed by atoms with Crippen molar-refractivity contribution in [2.24, 2.45) is 11.7 Å². The summed E-state index contributed by atoms with van der Waals surface area (Å²) in [6.45, 7) is 1.20. The van der Waals surface area contributed by atoms with Crippen LogP contribution in [0.15, 0.2) is 0 Å². The largest absolute Gasteiger partial charge is 0.389 e. The van der Waals surface area contributed by atoms with E-state index >= 15 is 0 Å². The monoisotopic (exact) mass is 238 g/mol. The summed E-state index contributed by atoms with van der Waals surface area (Å²) in [6, 6.07) is 0.226. The minimum atomic E-state index is -4.02. The molecule has 0 aromatic heterocycles. The Kier molecular flexibility index (Phi) is 5.55. The second kappa shape index (κ2) is 6.45. The Morgan fingerprint density at radius 1 is 1.19 bits per heavy atom. The maximum Gasteiger partial charge on any atom is 0.389 e. The van der Waals surface area contributed by atoms with Crippen molar-refractivity contribution in [3.8, 4) is 0 Å². The molecule has 0 aliphatic heterocycles. The lowest BCUT2D eigenvalue weighted by atomic mass is 9.85. The molecule has 1 fully saturated rings. The number of alkyl halides is 3. The molecule has 1 aliphatic carbocycles. The highest BCUT2D eigenvalue weighted by Crippen LogP contribution is 2.23. The summed E-state index contributed by atoms with van der Waals surface area (Å²) >= 11 is 0. The second-order valence-electron chi connectivity index (χ2n) is 4.63. The minimum Gasteiger partial charge on any atom is -0.327 e. The average molecular weight is 238 g/mol. The molecule has 3 N–H and O–H groups in total. The molecule has 0 saturated heterocycles. The van der Waals surface area contributed by atoms with Crippen molar-refractivity contribution in [1.29, 1.82) is 0 Å². The lowest BCUT2D eigenvalue weighted by Crippen LogP contribution is -2.39. The van der Waals surface area contributed by atoms with Crippen molar-refractivity contribution >= 4 is 0 Å². The zero-order chi connectivity index (χ0) is 12.0. The van der Waals surface area contributed by atoms with Crippen LogP contribution in [-0.4, -0.2) is 25.3 Å². The van der Waals surface area contributed by atoms with E-state index in [1.54, 1.807) is 0 Å². The number of hydrogen-bond acceptors (Lipinski definition) is 2. The highest BCUT2D eigenvalue weighted by Gasteiger charge is 2.26. The maximum atomic E-state index is 11.9. The van der Waals surface area contributed by atoms with E-state index in [9.17, 15) is 13.2 Å². The Balaban J connectivity index is 2.02. The molecular weight excluding hydrogens is 217 g/mol. The zero-order valence-corrected chi connectivity index (χ0v) is 9.52. The fourth-order valence-corrected chi connectivity index (χ4v) is 2.19. The van der Waals surface area contributed by atoms with Crippen LogP contribution in [0.1, 0.15) is 38.5 Å². The number of nitrogens with one attached hydrogen (secondary N) is 1. The van der Waals surface area contributed by atoms with E-state index < -0.39 is 12.6 Å². The van der Waals surface area contributed by atoms with Crippen molar-refractivity contribution in [3.63, 3.8) is 0 Å². The molecule has 0 radical (unpaired) electrons. The molecule has 0 bridgehead atoms. The van der Waals surface area contributed by atoms with Gasteiger partial charge in [0.2, 0.25) is 0 Å². The number of halogens is 3. The molecule has 5 heteroatoms. The van der Waals surface area contributed by atoms with E-state index in [4.69, 9.17) is 5.73 Å². The van der Waals surface area contributed by atoms with Gasteiger partial charge in [-0.3, -0.25) is 0 Å². The van der Waals surface area contributed by atoms with Gasteiger partial charge in [0.15, 0.2) is 0 Å². The predicted octanol–water partition coefficient (Wildman–Crippen LogP) is 2.44. The molecule has 2 atom stereocenters. The molecule has 2 unspecified atom stereocenters. The Bertz CT molecular complexity index is 194. The van der Waals surface area contributed by atoms with Crippen LogP contribution < -0.4 is 11.1 Å². The highest BCUT2D eigenvalue weighted by molar-refractivity contribution is 4.79. The molecular formula is C11H21F3N2. The summed E-state index contributed by atoms with van der Waals surface area (Å²) in [4.78, 5) is 0. The van der Waals surface area contributed by atoms with Crippen LogP contribution in [0.2, 0.25) is 0 Å². The average Bonchev–Trinajstić information content (AvgIpc) is 2.18. The fourth-order valence-electron chi connectivity index (χ4n) is 2.19. The lowest BCUT2D eigenvalue weighted by Gasteiger charge is -2.28. The Morgan fingerprint density at radius 3 is 2.50 bits per heavy atom. The lowest BCUT2D eigenvalue weighted by molar-refractivity contribution is -0.135. The molecule has 16 heavy (non-hydrogen) atoms. The van der Waals surface area contributed by atoms with Crippen molar-refractivity contribution < 1.29 is 13.2 Å². The van der Waals surface area contributed by atoms with E-state index in [0.717, 1.165) is 19.4 Å². The molecule has 0 heterocycles. The van der Waals surface area contributed by atoms with Gasteiger partial charge in [-0.1, -0.05) is 12.8 Å². The van der Waals surface area contributed by atoms with Gasteiger partial charge in [0.25, 0.3) is 0 Å². The molecule has 1 saturated carbocycles. The van der Waals surface area contributed by atoms with Crippen molar-refractivity contribution in [3.05, 3.63) is 0 Å². The standard InChI is InChI=1S/C11H21F3N2/c12-11(13,14)6-3-7-16-8-9-4-1-2-5-10(9)15/h9-10,16H,1-8,15H2. The summed E-state index contributed by atoms with van der Waals surface area (Å²) < 4.78 is 35.6. The summed E-state index contributed by atoms with van der Waals surface area (Å²) in [7, 11) is 0. The predicted molar refractivity (Wildman–Crippen MR) is 58.1 cm³/mol. The second-order valence-corrected chi connectivity index (χ2v) is 4.63. The molecule has 96 valence electrons. The third-order valence-electron chi connectivity index (χ3n) is 3.19. The van der Waals surface area contributed by atoms with E-state index in [-0.39, 0.29) is 12.5 Å². The fraction of sp³-hybridized carbons (Fsp3) is 1.00. The van der Waals surface area contributed by atoms with Crippen LogP contribution in [0.5, 0.6) is 0 Å². The molecule has 0 spiro atoms. The number of hydrogen-bond donors (Lipinski definition) is 2. The van der Waals surface area contributed by atoms with Crippen molar-refractivity contribution in [2.45, 2.75) is 50.7 Å². The highest BCUT2D eigenvalue weighted by atomic mass is 19.4. The van der Waals surface area contributed by atoms with E-state index in [2.05, 4.69) is 5.32 Å². The first-order chi connectivity index (χ1) is 7.49. The maximum absolute atomic E-state index is 11.9. The molecule has 0 aromatic carbocycles. The van der Waals surface area contributed by atoms with Gasteiger partial charge >= 0.3 is 6.18 Å². The van der Waals surface area contributed by atoms with Crippen LogP contribution in [0.25, 0.3) is 0 Å². The zero-order valence-electron chi connectivity index (χ0n) is 9.52. The van der Waals surface area contributed by atoms with Gasteiger partial charge in [-0.05, 0) is 38.3 Å². The van der Waals surface area contributed by atoms with Gasteiger partial charge in [-0.25, -0.2) is 0 Å². The van der Waals surface area contributed by atoms with Crippen LogP contribution in [-0.2, 0) is 0 Å². The summed E-state index contributed by atoms with van der Waals surface area (Å²) in [6.07, 6.45) is -0.0260. The topological polar surface area (TPSA) is 38.0 Å². The Morgan fingerprint density at radius 2 is 1.88 bits per heavy atom. The quantitative estimate of drug-likeness (QED) is 0.722. The number of rotatable bonds is 5. The first-order valence-electron chi connectivity index (χ1n) is 6.02. The van der Waals surface area contributed by atoms with Gasteiger partial charge in [0.05, 0.1) is 0 Å². The Hall–Kier alpha value is -0.290. The third-order valence-corrected chi connectivity index (χ3v) is 3.19. The van der Waals surface area contributed by atoms with E-state index in [0.29, 0.717) is 12.5 Å². The van der Waals surface area contributed by atoms with Crippen molar-refractivity contribution in [1.82, 2.24) is 5.32 Å². The third kappa shape index (κ3) is 5.70. The Labute approximate surface area is 94.8 Å². The van der Waals surface area contributed by atoms with Crippen molar-refractivity contribution in [2.75, 3.05) is 13.1 Å². The summed E-state index contributed by atoms with van der Waals surface area (Å²) in [5, 5.41) is 3.08. The smallest absolute Gasteiger partial charge is 0.327 e. The number of nitrogens with two attached hydrogens (primary N) is 1. The molecule has 1 rings (SSSR count). The molecule has 2 nitrogen and oxygen atoms in total. The SMILES string of the molecule is NC1CCCCC1CNCCCC(F)(F)F. The van der Waals surface area contributed by atoms with Crippen LogP contribution in [0, 0.1) is 5.92 Å². The van der Waals surface area contributed by atoms with Gasteiger partial charge < -0.3 is 11.1 Å². The van der Waals surface area contributed by atoms with E-state index in [1.165, 1.54) is 12.8 Å². The van der Waals surface area contributed by atoms with Gasteiger partial charge in [-0.2, -0.15) is 13.2 Å². The molecule has 0 amide bonds. The minimum absolute atomic E-state index is 0.158. The summed E-state index contributed by atoms with van der Waals surface area (Å²) in [5.41, 5.74) is 5.94. The first kappa shape index (κ1) is 13.8. The van der Waals surface area contributed by atoms with Crippen LogP contribution in [0.4, 0.5) is 13.2 Å². The normalized spacial score (nSPS) is 27.0. The summed E-state index contributed by atoms with van der Waals surface area (Å²) in [5.74, 6) is 0.444. The first-order valence-corrected chi connectivity index (χ1v) is 6.02. The van der Waals surface area contributed by atoms with Gasteiger partial charge in [0.1, 0.15) is 0 Å². The van der Waals surface area contributed by atoms with Gasteiger partial charge in [-0.15, -0.1) is 0 Å². The molecule has 0 aromatic rings. The van der Waals surface area contributed by atoms with Gasteiger partial charge in [0, 0.05) is 12.5 Å². The van der Waals surface area contributed by atoms with Crippen LogP contribution >= 0.6 is 0 Å².